The molecule has 0 spiro atoms. The van der Waals surface area contributed by atoms with E-state index < -0.39 is 21.1 Å². The largest absolute Gasteiger partial charge is 0.478 e. The van der Waals surface area contributed by atoms with Gasteiger partial charge in [0.25, 0.3) is 0 Å². The number of hydrogen-bond acceptors (Lipinski definition) is 1. The molecule has 0 saturated carbocycles. The summed E-state index contributed by atoms with van der Waals surface area (Å²) in [5, 5.41) is 8.60. The summed E-state index contributed by atoms with van der Waals surface area (Å²) in [5.41, 5.74) is 0.194. The molecule has 13 heavy (non-hydrogen) atoms. The fraction of sp³-hybridized carbons (Fsp3) is 0. The average molecular weight is 182 g/mol. The van der Waals surface area contributed by atoms with E-state index in [1.54, 1.807) is 0 Å². The van der Waals surface area contributed by atoms with Crippen LogP contribution in [0.15, 0.2) is 18.2 Å². The Hall–Kier alpha value is -1.32. The molecule has 0 aromatic heterocycles. The Kier molecular flexibility index (Phi) is 3.06. The number of halogens is 2. The second-order valence-corrected chi connectivity index (χ2v) is 2.56. The van der Waals surface area contributed by atoms with Crippen LogP contribution < -0.4 is 10.9 Å². The minimum atomic E-state index is -1.20. The fourth-order valence-corrected chi connectivity index (χ4v) is 1.05. The van der Waals surface area contributed by atoms with Crippen LogP contribution in [0.2, 0.25) is 0 Å². The van der Waals surface area contributed by atoms with Crippen molar-refractivity contribution < 1.29 is 18.5 Å². The quantitative estimate of drug-likeness (QED) is 0.625. The SMILES string of the molecule is O=C(O)c1ccc(BF)cc1BF. The van der Waals surface area contributed by atoms with Gasteiger partial charge in [-0.25, -0.2) is 4.79 Å². The summed E-state index contributed by atoms with van der Waals surface area (Å²) < 4.78 is 24.4. The van der Waals surface area contributed by atoms with Gasteiger partial charge in [-0.3, -0.25) is 0 Å². The smallest absolute Gasteiger partial charge is 0.364 e. The average Bonchev–Trinajstić information content (AvgIpc) is 2.16. The van der Waals surface area contributed by atoms with Gasteiger partial charge in [-0.1, -0.05) is 12.1 Å². The summed E-state index contributed by atoms with van der Waals surface area (Å²) >= 11 is 0. The summed E-state index contributed by atoms with van der Waals surface area (Å²) in [7, 11) is -1.61. The van der Waals surface area contributed by atoms with Crippen molar-refractivity contribution in [3.8, 4) is 0 Å². The predicted octanol–water partition coefficient (Wildman–Crippen LogP) is -0.723. The van der Waals surface area contributed by atoms with Crippen LogP contribution in [0.4, 0.5) is 8.63 Å². The third-order valence-electron chi connectivity index (χ3n) is 1.70. The predicted molar refractivity (Wildman–Crippen MR) is 49.2 cm³/mol. The van der Waals surface area contributed by atoms with Crippen LogP contribution in [0, 0.1) is 0 Å². The molecule has 0 amide bonds. The van der Waals surface area contributed by atoms with E-state index in [0.29, 0.717) is 0 Å². The standard InChI is InChI=1S/C7H6B2F2O2/c10-8-4-1-2-5(7(12)13)6(3-4)9-11/h1-3,8-9H,(H,12,13). The summed E-state index contributed by atoms with van der Waals surface area (Å²) in [6, 6.07) is 3.78. The summed E-state index contributed by atoms with van der Waals surface area (Å²) in [6.07, 6.45) is 0. The highest BCUT2D eigenvalue weighted by molar-refractivity contribution is 6.52. The number of carboxylic acid groups (broad SMARTS) is 1. The van der Waals surface area contributed by atoms with Gasteiger partial charge >= 0.3 is 21.1 Å². The van der Waals surface area contributed by atoms with Crippen LogP contribution in [-0.4, -0.2) is 26.2 Å². The Bertz CT molecular complexity index is 330. The third kappa shape index (κ3) is 2.08. The molecule has 66 valence electrons. The minimum absolute atomic E-state index is 0.0163. The van der Waals surface area contributed by atoms with E-state index >= 15 is 0 Å². The molecule has 1 rings (SSSR count). The molecule has 0 saturated heterocycles. The maximum absolute atomic E-state index is 12.3. The maximum Gasteiger partial charge on any atom is 0.364 e. The molecule has 2 nitrogen and oxygen atoms in total. The van der Waals surface area contributed by atoms with Crippen molar-refractivity contribution in [3.05, 3.63) is 23.8 Å². The van der Waals surface area contributed by atoms with Gasteiger partial charge in [-0.05, 0) is 17.0 Å². The summed E-state index contributed by atoms with van der Waals surface area (Å²) in [4.78, 5) is 10.5. The zero-order chi connectivity index (χ0) is 9.84. The normalized spacial score (nSPS) is 9.38. The van der Waals surface area contributed by atoms with Crippen molar-refractivity contribution in [2.75, 3.05) is 0 Å². The Balaban J connectivity index is 3.15. The van der Waals surface area contributed by atoms with E-state index in [4.69, 9.17) is 5.11 Å². The molecule has 0 aliphatic rings. The second kappa shape index (κ2) is 4.07. The van der Waals surface area contributed by atoms with Gasteiger partial charge in [-0.15, -0.1) is 0 Å². The minimum Gasteiger partial charge on any atom is -0.478 e. The third-order valence-corrected chi connectivity index (χ3v) is 1.70. The topological polar surface area (TPSA) is 37.3 Å². The lowest BCUT2D eigenvalue weighted by molar-refractivity contribution is 0.0698. The summed E-state index contributed by atoms with van der Waals surface area (Å²) in [6.45, 7) is 0. The zero-order valence-corrected chi connectivity index (χ0v) is 6.76. The van der Waals surface area contributed by atoms with Crippen molar-refractivity contribution in [2.24, 2.45) is 0 Å². The van der Waals surface area contributed by atoms with Gasteiger partial charge in [0.2, 0.25) is 0 Å². The van der Waals surface area contributed by atoms with Gasteiger partial charge in [0.15, 0.2) is 0 Å². The van der Waals surface area contributed by atoms with Crippen LogP contribution >= 0.6 is 0 Å². The van der Waals surface area contributed by atoms with E-state index in [9.17, 15) is 13.4 Å². The molecular formula is C7H6B2F2O2. The lowest BCUT2D eigenvalue weighted by Crippen LogP contribution is -2.26. The van der Waals surface area contributed by atoms with Gasteiger partial charge in [0.05, 0.1) is 5.56 Å². The second-order valence-electron chi connectivity index (χ2n) is 2.56. The molecule has 0 unspecified atom stereocenters. The van der Waals surface area contributed by atoms with Crippen LogP contribution in [0.5, 0.6) is 0 Å². The highest BCUT2D eigenvalue weighted by Gasteiger charge is 2.11. The number of carbonyl (C=O) groups is 1. The molecule has 1 aromatic rings. The van der Waals surface area contributed by atoms with Crippen molar-refractivity contribution >= 4 is 32.0 Å². The van der Waals surface area contributed by atoms with Crippen molar-refractivity contribution in [1.29, 1.82) is 0 Å². The van der Waals surface area contributed by atoms with Gasteiger partial charge in [-0.2, -0.15) is 0 Å². The van der Waals surface area contributed by atoms with Gasteiger partial charge < -0.3 is 13.7 Å². The first-order chi connectivity index (χ1) is 6.19. The van der Waals surface area contributed by atoms with Crippen LogP contribution in [0.25, 0.3) is 0 Å². The number of benzene rings is 1. The lowest BCUT2D eigenvalue weighted by Gasteiger charge is -2.01. The number of carboxylic acids is 1. The molecule has 1 aromatic carbocycles. The maximum atomic E-state index is 12.3. The molecule has 0 aliphatic carbocycles. The van der Waals surface area contributed by atoms with Crippen molar-refractivity contribution in [2.45, 2.75) is 0 Å². The molecule has 0 heterocycles. The van der Waals surface area contributed by atoms with E-state index in [2.05, 4.69) is 0 Å². The van der Waals surface area contributed by atoms with E-state index in [1.807, 2.05) is 0 Å². The van der Waals surface area contributed by atoms with Crippen molar-refractivity contribution in [1.82, 2.24) is 0 Å². The van der Waals surface area contributed by atoms with Gasteiger partial charge in [0.1, 0.15) is 0 Å². The first-order valence-corrected chi connectivity index (χ1v) is 3.66. The van der Waals surface area contributed by atoms with Crippen LogP contribution in [0.1, 0.15) is 10.4 Å². The summed E-state index contributed by atoms with van der Waals surface area (Å²) in [5.74, 6) is -1.20. The molecule has 6 heteroatoms. The van der Waals surface area contributed by atoms with Crippen molar-refractivity contribution in [3.63, 3.8) is 0 Å². The number of rotatable bonds is 3. The Labute approximate surface area is 75.2 Å². The molecule has 0 fully saturated rings. The van der Waals surface area contributed by atoms with E-state index in [1.165, 1.54) is 18.2 Å². The van der Waals surface area contributed by atoms with E-state index in [-0.39, 0.29) is 16.5 Å². The fourth-order valence-electron chi connectivity index (χ4n) is 1.05. The molecule has 1 N–H and O–H groups in total. The Morgan fingerprint density at radius 3 is 2.46 bits per heavy atom. The first-order valence-electron chi connectivity index (χ1n) is 3.66. The highest BCUT2D eigenvalue weighted by Crippen LogP contribution is 1.94. The molecule has 0 radical (unpaired) electrons. The lowest BCUT2D eigenvalue weighted by atomic mass is 9.80. The molecular weight excluding hydrogens is 176 g/mol. The molecule has 0 aliphatic heterocycles. The Morgan fingerprint density at radius 1 is 1.31 bits per heavy atom. The first kappa shape index (κ1) is 9.77. The monoisotopic (exact) mass is 182 g/mol. The zero-order valence-electron chi connectivity index (χ0n) is 6.76. The Morgan fingerprint density at radius 2 is 2.00 bits per heavy atom. The van der Waals surface area contributed by atoms with Crippen LogP contribution in [-0.2, 0) is 0 Å². The van der Waals surface area contributed by atoms with Crippen LogP contribution in [0.3, 0.4) is 0 Å². The molecule has 0 atom stereocenters. The highest BCUT2D eigenvalue weighted by atomic mass is 19.1. The van der Waals surface area contributed by atoms with Gasteiger partial charge in [0, 0.05) is 0 Å². The number of hydrogen-bond donors (Lipinski definition) is 1. The molecule has 0 bridgehead atoms. The number of aromatic carboxylic acids is 1. The van der Waals surface area contributed by atoms with E-state index in [0.717, 1.165) is 0 Å².